The molecule has 0 N–H and O–H groups in total. The maximum absolute atomic E-state index is 2.70. The Morgan fingerprint density at radius 1 is 0.571 bits per heavy atom. The van der Waals surface area contributed by atoms with E-state index < -0.39 is 21.3 Å². The Kier molecular flexibility index (Phi) is 12.2. The molecule has 6 rings (SSSR count). The summed E-state index contributed by atoms with van der Waals surface area (Å²) in [6.45, 7) is 23.7. The molecular formula is C46H54Cl2Zr. The Morgan fingerprint density at radius 2 is 1.00 bits per heavy atom. The van der Waals surface area contributed by atoms with E-state index in [9.17, 15) is 0 Å². The van der Waals surface area contributed by atoms with E-state index in [2.05, 4.69) is 178 Å². The predicted octanol–water partition coefficient (Wildman–Crippen LogP) is 6.14. The van der Waals surface area contributed by atoms with Gasteiger partial charge >= 0.3 is 295 Å². The van der Waals surface area contributed by atoms with Gasteiger partial charge in [0, 0.05) is 0 Å². The summed E-state index contributed by atoms with van der Waals surface area (Å²) in [6, 6.07) is 37.7. The van der Waals surface area contributed by atoms with Gasteiger partial charge in [0.05, 0.1) is 0 Å². The van der Waals surface area contributed by atoms with Crippen LogP contribution in [0, 0.1) is 11.3 Å². The van der Waals surface area contributed by atoms with Gasteiger partial charge in [-0.2, -0.15) is 0 Å². The molecule has 256 valence electrons. The first kappa shape index (κ1) is 39.5. The molecule has 4 aromatic rings. The van der Waals surface area contributed by atoms with E-state index in [0.29, 0.717) is 9.54 Å². The van der Waals surface area contributed by atoms with Crippen LogP contribution in [0.5, 0.6) is 0 Å². The second kappa shape index (κ2) is 15.1. The number of hydrogen-bond acceptors (Lipinski definition) is 0. The van der Waals surface area contributed by atoms with Crippen molar-refractivity contribution in [1.29, 1.82) is 0 Å². The molecule has 0 fully saturated rings. The first-order valence-electron chi connectivity index (χ1n) is 17.6. The van der Waals surface area contributed by atoms with Crippen LogP contribution in [-0.4, -0.2) is 3.21 Å². The molecule has 0 aliphatic heterocycles. The molecule has 1 atom stereocenters. The number of fused-ring (bicyclic) bond motifs is 3. The zero-order valence-corrected chi connectivity index (χ0v) is 35.2. The Hall–Kier alpha value is -2.31. The fraction of sp³-hybridized carbons (Fsp3) is 0.370. The molecule has 0 saturated heterocycles. The molecule has 0 radical (unpaired) electrons. The van der Waals surface area contributed by atoms with Gasteiger partial charge in [0.1, 0.15) is 0 Å². The van der Waals surface area contributed by atoms with Crippen molar-refractivity contribution < 1.29 is 46.1 Å². The normalized spacial score (nSPS) is 15.6. The quantitative estimate of drug-likeness (QED) is 0.221. The third kappa shape index (κ3) is 8.44. The number of rotatable bonds is 6. The second-order valence-corrected chi connectivity index (χ2v) is 23.7. The van der Waals surface area contributed by atoms with E-state index in [4.69, 9.17) is 0 Å². The number of halogens is 2. The largest absolute Gasteiger partial charge is 1.00 e. The van der Waals surface area contributed by atoms with Crippen LogP contribution in [-0.2, 0) is 44.9 Å². The predicted molar refractivity (Wildman–Crippen MR) is 201 cm³/mol. The van der Waals surface area contributed by atoms with Crippen LogP contribution in [0.25, 0.3) is 11.1 Å². The maximum Gasteiger partial charge on any atom is -1.00 e. The van der Waals surface area contributed by atoms with Gasteiger partial charge in [-0.3, -0.25) is 0 Å². The minimum absolute atomic E-state index is 0. The second-order valence-electron chi connectivity index (χ2n) is 17.1. The molecule has 0 saturated carbocycles. The summed E-state index contributed by atoms with van der Waals surface area (Å²) in [5.41, 5.74) is 13.7. The molecule has 4 aromatic carbocycles. The molecule has 2 aliphatic carbocycles. The maximum atomic E-state index is 2.68. The number of allylic oxidation sites excluding steroid dienone is 4. The molecule has 0 spiro atoms. The number of hydrogen-bond donors (Lipinski definition) is 0. The summed E-state index contributed by atoms with van der Waals surface area (Å²) in [4.78, 5) is 0. The van der Waals surface area contributed by atoms with Crippen molar-refractivity contribution in [2.75, 3.05) is 0 Å². The molecule has 3 heteroatoms. The fourth-order valence-electron chi connectivity index (χ4n) is 7.50. The van der Waals surface area contributed by atoms with Crippen molar-refractivity contribution in [1.82, 2.24) is 0 Å². The van der Waals surface area contributed by atoms with Crippen LogP contribution >= 0.6 is 0 Å². The van der Waals surface area contributed by atoms with Crippen LogP contribution in [0.15, 0.2) is 118 Å². The van der Waals surface area contributed by atoms with Gasteiger partial charge < -0.3 is 24.8 Å². The van der Waals surface area contributed by atoms with Gasteiger partial charge in [-0.15, -0.1) is 0 Å². The van der Waals surface area contributed by atoms with Gasteiger partial charge in [0.25, 0.3) is 0 Å². The summed E-state index contributed by atoms with van der Waals surface area (Å²) in [5.74, 6) is 0.468. The van der Waals surface area contributed by atoms with Crippen molar-refractivity contribution in [2.45, 2.75) is 96.5 Å². The Bertz CT molecular complexity index is 1770. The van der Waals surface area contributed by atoms with E-state index in [0.717, 1.165) is 12.8 Å². The van der Waals surface area contributed by atoms with Crippen LogP contribution in [0.3, 0.4) is 0 Å². The van der Waals surface area contributed by atoms with Crippen LogP contribution < -0.4 is 24.8 Å². The average molecular weight is 769 g/mol. The van der Waals surface area contributed by atoms with Crippen LogP contribution in [0.2, 0.25) is 0 Å². The SMILES string of the molecule is CC1C=C(C(C)(C)C)C=[C]1[Zr+2](=[C](Cc1ccccc1)Cc1ccccc1)[CH]1c2ccc(C(C)(C)C)cc2-c2cc(C(C)(C)C)ccc21.[Cl-].[Cl-]. The first-order chi connectivity index (χ1) is 22.1. The van der Waals surface area contributed by atoms with Crippen LogP contribution in [0.1, 0.15) is 106 Å². The topological polar surface area (TPSA) is 0 Å². The van der Waals surface area contributed by atoms with Gasteiger partial charge in [0.2, 0.25) is 0 Å². The standard InChI is InChI=1S/C21H25.C15H14.C10H15.2ClH.Zr/c1-20(2,3)16-9-7-14-11-15-8-10-17(21(4,5)6)13-19(15)18(14)12-16;1-3-8-14(9-4-1)12-7-13-15-10-5-2-6-11-15;1-8-5-6-9(7-8)10(2,3)4;;;/h7-13H,1-6H3;1-6,8-11H,12-13H2;6-8H,1-4H3;2*1H;/q;;;;;+2/p-2. The summed E-state index contributed by atoms with van der Waals surface area (Å²) >= 11 is -2.70. The monoisotopic (exact) mass is 766 g/mol. The van der Waals surface area contributed by atoms with Gasteiger partial charge in [-0.1, -0.05) is 0 Å². The van der Waals surface area contributed by atoms with Gasteiger partial charge in [-0.25, -0.2) is 0 Å². The van der Waals surface area contributed by atoms with Crippen molar-refractivity contribution in [3.05, 3.63) is 151 Å². The number of benzene rings is 4. The summed E-state index contributed by atoms with van der Waals surface area (Å²) in [7, 11) is 0. The molecule has 0 amide bonds. The third-order valence-electron chi connectivity index (χ3n) is 10.3. The molecule has 0 aromatic heterocycles. The van der Waals surface area contributed by atoms with E-state index in [1.54, 1.807) is 17.6 Å². The zero-order valence-electron chi connectivity index (χ0n) is 31.2. The Balaban J connectivity index is 0.00000270. The summed E-state index contributed by atoms with van der Waals surface area (Å²) in [6.07, 6.45) is 7.39. The average Bonchev–Trinajstić information content (AvgIpc) is 3.55. The van der Waals surface area contributed by atoms with Crippen molar-refractivity contribution in [3.8, 4) is 11.1 Å². The molecular weight excluding hydrogens is 715 g/mol. The van der Waals surface area contributed by atoms with Crippen LogP contribution in [0.4, 0.5) is 0 Å². The van der Waals surface area contributed by atoms with Crippen molar-refractivity contribution in [2.24, 2.45) is 11.3 Å². The molecule has 0 bridgehead atoms. The zero-order chi connectivity index (χ0) is 33.7. The van der Waals surface area contributed by atoms with E-state index in [-0.39, 0.29) is 41.1 Å². The Morgan fingerprint density at radius 3 is 1.37 bits per heavy atom. The minimum Gasteiger partial charge on any atom is -1.00 e. The van der Waals surface area contributed by atoms with Gasteiger partial charge in [0.15, 0.2) is 0 Å². The molecule has 2 aliphatic rings. The van der Waals surface area contributed by atoms with Crippen molar-refractivity contribution >= 4 is 3.21 Å². The van der Waals surface area contributed by atoms with E-state index in [1.165, 1.54) is 39.0 Å². The van der Waals surface area contributed by atoms with E-state index in [1.807, 2.05) is 0 Å². The minimum atomic E-state index is -2.70. The summed E-state index contributed by atoms with van der Waals surface area (Å²) in [5, 5.41) is 0. The van der Waals surface area contributed by atoms with E-state index >= 15 is 0 Å². The van der Waals surface area contributed by atoms with Gasteiger partial charge in [-0.05, 0) is 0 Å². The smallest absolute Gasteiger partial charge is 1.00 e. The first-order valence-corrected chi connectivity index (χ1v) is 21.5. The molecule has 1 unspecified atom stereocenters. The Labute approximate surface area is 317 Å². The summed E-state index contributed by atoms with van der Waals surface area (Å²) < 4.78 is 4.02. The third-order valence-corrected chi connectivity index (χ3v) is 19.0. The molecule has 0 heterocycles. The molecule has 49 heavy (non-hydrogen) atoms. The fourth-order valence-corrected chi connectivity index (χ4v) is 17.2. The molecule has 0 nitrogen and oxygen atoms in total. The van der Waals surface area contributed by atoms with Crippen molar-refractivity contribution in [3.63, 3.8) is 0 Å².